The second kappa shape index (κ2) is 5.85. The maximum Gasteiger partial charge on any atom is 0.411 e. The van der Waals surface area contributed by atoms with Crippen molar-refractivity contribution in [2.75, 3.05) is 13.2 Å². The number of nitriles is 1. The van der Waals surface area contributed by atoms with Gasteiger partial charge in [-0.1, -0.05) is 0 Å². The molecule has 0 aliphatic heterocycles. The van der Waals surface area contributed by atoms with Crippen molar-refractivity contribution in [3.63, 3.8) is 0 Å². The number of ketones is 1. The molecule has 0 heterocycles. The van der Waals surface area contributed by atoms with E-state index in [0.717, 1.165) is 0 Å². The van der Waals surface area contributed by atoms with Crippen molar-refractivity contribution >= 4 is 5.78 Å². The molecule has 0 saturated heterocycles. The molecule has 0 saturated carbocycles. The molecule has 1 unspecified atom stereocenters. The molecule has 0 bridgehead atoms. The number of hydrogen-bond donors (Lipinski definition) is 0. The zero-order chi connectivity index (χ0) is 12.8. The highest BCUT2D eigenvalue weighted by Crippen LogP contribution is 2.23. The summed E-state index contributed by atoms with van der Waals surface area (Å²) in [6.45, 7) is 1.36. The molecule has 16 heavy (non-hydrogen) atoms. The van der Waals surface area contributed by atoms with Gasteiger partial charge in [-0.15, -0.1) is 0 Å². The number of Topliss-reactive ketones (excluding diaryl/α,β-unsaturated/α-hetero) is 1. The van der Waals surface area contributed by atoms with E-state index in [4.69, 9.17) is 5.26 Å². The van der Waals surface area contributed by atoms with Crippen molar-refractivity contribution in [1.82, 2.24) is 0 Å². The lowest BCUT2D eigenvalue weighted by atomic mass is 9.83. The lowest BCUT2D eigenvalue weighted by Crippen LogP contribution is -2.24. The summed E-state index contributed by atoms with van der Waals surface area (Å²) in [6, 6.07) is 1.86. The molecule has 0 radical (unpaired) electrons. The second-order valence-corrected chi connectivity index (χ2v) is 3.77. The summed E-state index contributed by atoms with van der Waals surface area (Å²) in [5.74, 6) is -0.286. The number of hydrogen-bond acceptors (Lipinski definition) is 3. The summed E-state index contributed by atoms with van der Waals surface area (Å²) in [7, 11) is 0. The molecule has 0 aliphatic carbocycles. The molecule has 0 spiro atoms. The van der Waals surface area contributed by atoms with Crippen LogP contribution in [0.5, 0.6) is 0 Å². The third-order valence-electron chi connectivity index (χ3n) is 2.25. The van der Waals surface area contributed by atoms with Crippen LogP contribution in [0.3, 0.4) is 0 Å². The molecular weight excluding hydrogens is 223 g/mol. The van der Waals surface area contributed by atoms with Crippen LogP contribution in [-0.2, 0) is 9.53 Å². The van der Waals surface area contributed by atoms with E-state index in [1.165, 1.54) is 13.8 Å². The molecule has 0 rings (SSSR count). The molecule has 6 heteroatoms. The van der Waals surface area contributed by atoms with Crippen molar-refractivity contribution in [2.45, 2.75) is 32.9 Å². The number of carbonyl (C=O) groups excluding carboxylic acids is 1. The van der Waals surface area contributed by atoms with Crippen molar-refractivity contribution in [3.8, 4) is 6.07 Å². The maximum atomic E-state index is 11.7. The Morgan fingerprint density at radius 1 is 1.44 bits per heavy atom. The maximum absolute atomic E-state index is 11.7. The van der Waals surface area contributed by atoms with E-state index in [0.29, 0.717) is 0 Å². The third-order valence-corrected chi connectivity index (χ3v) is 2.25. The van der Waals surface area contributed by atoms with Crippen LogP contribution in [0.4, 0.5) is 13.2 Å². The first-order chi connectivity index (χ1) is 7.21. The van der Waals surface area contributed by atoms with Crippen molar-refractivity contribution in [3.05, 3.63) is 0 Å². The first-order valence-corrected chi connectivity index (χ1v) is 4.78. The van der Waals surface area contributed by atoms with Gasteiger partial charge in [0.1, 0.15) is 17.8 Å². The summed E-state index contributed by atoms with van der Waals surface area (Å²) < 4.78 is 39.4. The fourth-order valence-corrected chi connectivity index (χ4v) is 1.03. The van der Waals surface area contributed by atoms with Gasteiger partial charge in [-0.05, 0) is 26.7 Å². The van der Waals surface area contributed by atoms with Crippen LogP contribution in [0.1, 0.15) is 26.7 Å². The number of carbonyl (C=O) groups is 1. The summed E-state index contributed by atoms with van der Waals surface area (Å²) in [4.78, 5) is 11.1. The predicted octanol–water partition coefficient (Wildman–Crippen LogP) is 2.46. The quantitative estimate of drug-likeness (QED) is 0.667. The van der Waals surface area contributed by atoms with Gasteiger partial charge in [-0.2, -0.15) is 18.4 Å². The molecule has 3 nitrogen and oxygen atoms in total. The minimum absolute atomic E-state index is 0.107. The van der Waals surface area contributed by atoms with E-state index in [1.54, 1.807) is 0 Å². The number of rotatable bonds is 6. The van der Waals surface area contributed by atoms with Gasteiger partial charge in [0.2, 0.25) is 0 Å². The summed E-state index contributed by atoms with van der Waals surface area (Å²) >= 11 is 0. The van der Waals surface area contributed by atoms with E-state index in [1.807, 2.05) is 6.07 Å². The number of halogens is 3. The van der Waals surface area contributed by atoms with Gasteiger partial charge in [0.25, 0.3) is 0 Å². The molecule has 0 fully saturated rings. The highest BCUT2D eigenvalue weighted by Gasteiger charge is 2.30. The van der Waals surface area contributed by atoms with Crippen molar-refractivity contribution in [1.29, 1.82) is 5.26 Å². The average molecular weight is 237 g/mol. The fourth-order valence-electron chi connectivity index (χ4n) is 1.03. The van der Waals surface area contributed by atoms with Crippen molar-refractivity contribution in [2.24, 2.45) is 5.41 Å². The minimum Gasteiger partial charge on any atom is -0.372 e. The third kappa shape index (κ3) is 5.71. The largest absolute Gasteiger partial charge is 0.411 e. The Kier molecular flexibility index (Phi) is 5.45. The van der Waals surface area contributed by atoms with Crippen LogP contribution < -0.4 is 0 Å². The molecule has 1 atom stereocenters. The lowest BCUT2D eigenvalue weighted by molar-refractivity contribution is -0.174. The van der Waals surface area contributed by atoms with E-state index in [2.05, 4.69) is 4.74 Å². The number of nitrogens with zero attached hydrogens (tertiary/aromatic N) is 1. The fraction of sp³-hybridized carbons (Fsp3) is 0.800. The Labute approximate surface area is 92.2 Å². The summed E-state index contributed by atoms with van der Waals surface area (Å²) in [6.07, 6.45) is -3.88. The lowest BCUT2D eigenvalue weighted by Gasteiger charge is -2.17. The first-order valence-electron chi connectivity index (χ1n) is 4.78. The smallest absolute Gasteiger partial charge is 0.372 e. The highest BCUT2D eigenvalue weighted by molar-refractivity contribution is 5.84. The van der Waals surface area contributed by atoms with Gasteiger partial charge in [-0.3, -0.25) is 4.79 Å². The Morgan fingerprint density at radius 2 is 2.00 bits per heavy atom. The Hall–Kier alpha value is -1.09. The van der Waals surface area contributed by atoms with Gasteiger partial charge in [0, 0.05) is 6.61 Å². The summed E-state index contributed by atoms with van der Waals surface area (Å²) in [5.41, 5.74) is -1.12. The zero-order valence-electron chi connectivity index (χ0n) is 9.23. The van der Waals surface area contributed by atoms with Gasteiger partial charge in [0.15, 0.2) is 0 Å². The van der Waals surface area contributed by atoms with Crippen LogP contribution in [-0.4, -0.2) is 25.2 Å². The monoisotopic (exact) mass is 237 g/mol. The minimum atomic E-state index is -4.33. The molecule has 0 aromatic rings. The van der Waals surface area contributed by atoms with Gasteiger partial charge in [0.05, 0.1) is 6.07 Å². The van der Waals surface area contributed by atoms with Crippen LogP contribution in [0.2, 0.25) is 0 Å². The molecular formula is C10H14F3NO2. The van der Waals surface area contributed by atoms with Crippen LogP contribution >= 0.6 is 0 Å². The first kappa shape index (κ1) is 14.9. The van der Waals surface area contributed by atoms with Gasteiger partial charge >= 0.3 is 6.18 Å². The molecule has 0 amide bonds. The number of alkyl halides is 3. The van der Waals surface area contributed by atoms with Crippen LogP contribution in [0.25, 0.3) is 0 Å². The normalized spacial score (nSPS) is 15.2. The molecule has 0 aromatic heterocycles. The van der Waals surface area contributed by atoms with Gasteiger partial charge < -0.3 is 4.74 Å². The van der Waals surface area contributed by atoms with E-state index >= 15 is 0 Å². The second-order valence-electron chi connectivity index (χ2n) is 3.77. The Morgan fingerprint density at radius 3 is 2.38 bits per heavy atom. The Balaban J connectivity index is 3.83. The SMILES string of the molecule is CC(=O)C(C)(C#N)CCCOCC(F)(F)F. The molecule has 0 N–H and O–H groups in total. The number of ether oxygens (including phenoxy) is 1. The van der Waals surface area contributed by atoms with Crippen molar-refractivity contribution < 1.29 is 22.7 Å². The van der Waals surface area contributed by atoms with E-state index < -0.39 is 18.2 Å². The summed E-state index contributed by atoms with van der Waals surface area (Å²) in [5, 5.41) is 8.75. The van der Waals surface area contributed by atoms with E-state index in [-0.39, 0.29) is 25.2 Å². The average Bonchev–Trinajstić information content (AvgIpc) is 2.14. The van der Waals surface area contributed by atoms with Crippen LogP contribution in [0.15, 0.2) is 0 Å². The standard InChI is InChI=1S/C10H14F3NO2/c1-8(15)9(2,6-14)4-3-5-16-7-10(11,12)13/h3-5,7H2,1-2H3. The predicted molar refractivity (Wildman–Crippen MR) is 50.5 cm³/mol. The molecule has 0 aromatic carbocycles. The highest BCUT2D eigenvalue weighted by atomic mass is 19.4. The van der Waals surface area contributed by atoms with E-state index in [9.17, 15) is 18.0 Å². The Bertz CT molecular complexity index is 283. The molecule has 92 valence electrons. The van der Waals surface area contributed by atoms with Crippen LogP contribution in [0, 0.1) is 16.7 Å². The van der Waals surface area contributed by atoms with Gasteiger partial charge in [-0.25, -0.2) is 0 Å². The molecule has 0 aliphatic rings. The topological polar surface area (TPSA) is 50.1 Å². The zero-order valence-corrected chi connectivity index (χ0v) is 9.23.